The second-order valence-electron chi connectivity index (χ2n) is 4.48. The fourth-order valence-corrected chi connectivity index (χ4v) is 4.91. The maximum absolute atomic E-state index is 6.15. The molecule has 0 saturated carbocycles. The molecule has 0 aliphatic rings. The third-order valence-corrected chi connectivity index (χ3v) is 6.48. The molecule has 0 amide bonds. The molecular formula is C14H13BrClN3S2. The smallest absolute Gasteiger partial charge is 0.131 e. The quantitative estimate of drug-likeness (QED) is 0.598. The van der Waals surface area contributed by atoms with Crippen molar-refractivity contribution >= 4 is 66.1 Å². The minimum Gasteiger partial charge on any atom is -0.379 e. The Morgan fingerprint density at radius 1 is 1.43 bits per heavy atom. The van der Waals surface area contributed by atoms with Gasteiger partial charge in [0.2, 0.25) is 0 Å². The predicted octanol–water partition coefficient (Wildman–Crippen LogP) is 4.89. The van der Waals surface area contributed by atoms with Gasteiger partial charge in [-0.2, -0.15) is 0 Å². The van der Waals surface area contributed by atoms with E-state index in [1.807, 2.05) is 6.07 Å². The number of fused-ring (bicyclic) bond motifs is 1. The topological polar surface area (TPSA) is 50.9 Å². The first-order chi connectivity index (χ1) is 10.2. The number of nitrogens with two attached hydrogens (primary N) is 1. The number of rotatable bonds is 5. The van der Waals surface area contributed by atoms with E-state index in [1.165, 1.54) is 9.75 Å². The van der Waals surface area contributed by atoms with E-state index in [9.17, 15) is 0 Å². The number of hydrogen-bond acceptors (Lipinski definition) is 5. The van der Waals surface area contributed by atoms with Crippen LogP contribution >= 0.6 is 50.2 Å². The third-order valence-electron chi connectivity index (χ3n) is 3.02. The molecule has 0 aliphatic carbocycles. The fraction of sp³-hybridized carbons (Fsp3) is 0.214. The van der Waals surface area contributed by atoms with Gasteiger partial charge in [-0.3, -0.25) is 0 Å². The molecule has 0 atom stereocenters. The summed E-state index contributed by atoms with van der Waals surface area (Å²) in [4.78, 5) is 6.93. The van der Waals surface area contributed by atoms with E-state index in [0.29, 0.717) is 11.7 Å². The molecular weight excluding hydrogens is 390 g/mol. The van der Waals surface area contributed by atoms with Gasteiger partial charge in [0, 0.05) is 22.4 Å². The number of halogens is 2. The van der Waals surface area contributed by atoms with Crippen molar-refractivity contribution < 1.29 is 0 Å². The van der Waals surface area contributed by atoms with Crippen LogP contribution in [0.2, 0.25) is 5.15 Å². The molecule has 110 valence electrons. The van der Waals surface area contributed by atoms with Crippen molar-refractivity contribution in [2.45, 2.75) is 13.0 Å². The molecule has 7 heteroatoms. The lowest BCUT2D eigenvalue weighted by Gasteiger charge is -2.06. The Labute approximate surface area is 144 Å². The van der Waals surface area contributed by atoms with Crippen molar-refractivity contribution in [1.82, 2.24) is 4.98 Å². The average Bonchev–Trinajstić information content (AvgIpc) is 3.07. The van der Waals surface area contributed by atoms with Crippen LogP contribution in [-0.4, -0.2) is 11.5 Å². The molecule has 3 rings (SSSR count). The highest BCUT2D eigenvalue weighted by Crippen LogP contribution is 2.40. The van der Waals surface area contributed by atoms with E-state index in [1.54, 1.807) is 22.7 Å². The number of aromatic nitrogens is 1. The Balaban J connectivity index is 1.98. The van der Waals surface area contributed by atoms with Gasteiger partial charge in [0.1, 0.15) is 5.15 Å². The molecule has 21 heavy (non-hydrogen) atoms. The Kier molecular flexibility index (Phi) is 4.81. The minimum atomic E-state index is 0.494. The third kappa shape index (κ3) is 3.24. The fourth-order valence-electron chi connectivity index (χ4n) is 2.07. The molecule has 0 unspecified atom stereocenters. The maximum Gasteiger partial charge on any atom is 0.131 e. The van der Waals surface area contributed by atoms with E-state index >= 15 is 0 Å². The van der Waals surface area contributed by atoms with Crippen molar-refractivity contribution in [3.8, 4) is 0 Å². The number of nitrogens with zero attached hydrogens (tertiary/aromatic N) is 1. The van der Waals surface area contributed by atoms with E-state index in [0.717, 1.165) is 33.3 Å². The summed E-state index contributed by atoms with van der Waals surface area (Å²) < 4.78 is 2.13. The van der Waals surface area contributed by atoms with Gasteiger partial charge in [0.05, 0.1) is 20.4 Å². The zero-order valence-corrected chi connectivity index (χ0v) is 15.0. The minimum absolute atomic E-state index is 0.494. The van der Waals surface area contributed by atoms with Crippen LogP contribution in [0.25, 0.3) is 10.2 Å². The Bertz CT molecular complexity index is 755. The van der Waals surface area contributed by atoms with Crippen LogP contribution in [0.4, 0.5) is 5.69 Å². The van der Waals surface area contributed by atoms with Gasteiger partial charge in [-0.05, 0) is 40.3 Å². The SMILES string of the molecule is NCCc1sc2c(NCc3cccs3)cc(Cl)nc2c1Br. The summed E-state index contributed by atoms with van der Waals surface area (Å²) in [6.07, 6.45) is 0.837. The van der Waals surface area contributed by atoms with Crippen molar-refractivity contribution in [2.24, 2.45) is 5.73 Å². The molecule has 0 fully saturated rings. The van der Waals surface area contributed by atoms with Gasteiger partial charge in [0.25, 0.3) is 0 Å². The lowest BCUT2D eigenvalue weighted by molar-refractivity contribution is 0.985. The normalized spacial score (nSPS) is 11.2. The standard InChI is InChI=1S/C14H13BrClN3S2/c15-12-10(3-4-17)21-14-9(6-11(16)19-13(12)14)18-7-8-2-1-5-20-8/h1-2,5-6H,3-4,7,17H2,(H,18,19). The number of pyridine rings is 1. The largest absolute Gasteiger partial charge is 0.379 e. The summed E-state index contributed by atoms with van der Waals surface area (Å²) in [5.74, 6) is 0. The van der Waals surface area contributed by atoms with Gasteiger partial charge in [0.15, 0.2) is 0 Å². The van der Waals surface area contributed by atoms with Crippen molar-refractivity contribution in [3.05, 3.63) is 43.0 Å². The van der Waals surface area contributed by atoms with Gasteiger partial charge < -0.3 is 11.1 Å². The maximum atomic E-state index is 6.15. The first-order valence-electron chi connectivity index (χ1n) is 6.42. The van der Waals surface area contributed by atoms with Crippen LogP contribution in [-0.2, 0) is 13.0 Å². The van der Waals surface area contributed by atoms with Gasteiger partial charge in [-0.1, -0.05) is 17.7 Å². The molecule has 0 aliphatic heterocycles. The monoisotopic (exact) mass is 401 g/mol. The highest BCUT2D eigenvalue weighted by Gasteiger charge is 2.15. The summed E-state index contributed by atoms with van der Waals surface area (Å²) in [6.45, 7) is 1.41. The predicted molar refractivity (Wildman–Crippen MR) is 96.7 cm³/mol. The summed E-state index contributed by atoms with van der Waals surface area (Å²) in [5.41, 5.74) is 7.59. The summed E-state index contributed by atoms with van der Waals surface area (Å²) >= 11 is 13.2. The number of nitrogens with one attached hydrogen (secondary N) is 1. The van der Waals surface area contributed by atoms with E-state index < -0.39 is 0 Å². The molecule has 3 heterocycles. The van der Waals surface area contributed by atoms with Crippen molar-refractivity contribution in [2.75, 3.05) is 11.9 Å². The molecule has 0 radical (unpaired) electrons. The molecule has 0 spiro atoms. The Morgan fingerprint density at radius 2 is 2.29 bits per heavy atom. The first kappa shape index (κ1) is 15.2. The Hall–Kier alpha value is -0.660. The van der Waals surface area contributed by atoms with Crippen LogP contribution < -0.4 is 11.1 Å². The molecule has 3 nitrogen and oxygen atoms in total. The van der Waals surface area contributed by atoms with Crippen LogP contribution in [0.5, 0.6) is 0 Å². The number of anilines is 1. The van der Waals surface area contributed by atoms with Gasteiger partial charge >= 0.3 is 0 Å². The second-order valence-corrected chi connectivity index (χ2v) is 7.80. The summed E-state index contributed by atoms with van der Waals surface area (Å²) in [7, 11) is 0. The molecule has 0 aromatic carbocycles. The lowest BCUT2D eigenvalue weighted by atomic mass is 10.3. The zero-order chi connectivity index (χ0) is 14.8. The van der Waals surface area contributed by atoms with Gasteiger partial charge in [-0.15, -0.1) is 22.7 Å². The first-order valence-corrected chi connectivity index (χ1v) is 9.29. The summed E-state index contributed by atoms with van der Waals surface area (Å²) in [6, 6.07) is 6.05. The number of hydrogen-bond donors (Lipinski definition) is 2. The average molecular weight is 403 g/mol. The number of thiophene rings is 2. The van der Waals surface area contributed by atoms with Gasteiger partial charge in [-0.25, -0.2) is 4.98 Å². The van der Waals surface area contributed by atoms with Crippen LogP contribution in [0.15, 0.2) is 28.1 Å². The van der Waals surface area contributed by atoms with E-state index in [2.05, 4.69) is 43.7 Å². The van der Waals surface area contributed by atoms with Crippen LogP contribution in [0.1, 0.15) is 9.75 Å². The molecule has 0 bridgehead atoms. The molecule has 3 aromatic heterocycles. The zero-order valence-electron chi connectivity index (χ0n) is 11.0. The van der Waals surface area contributed by atoms with Crippen LogP contribution in [0, 0.1) is 0 Å². The molecule has 3 N–H and O–H groups in total. The highest BCUT2D eigenvalue weighted by atomic mass is 79.9. The molecule has 3 aromatic rings. The van der Waals surface area contributed by atoms with Crippen molar-refractivity contribution in [3.63, 3.8) is 0 Å². The Morgan fingerprint density at radius 3 is 3.00 bits per heavy atom. The summed E-state index contributed by atoms with van der Waals surface area (Å²) in [5, 5.41) is 6.03. The van der Waals surface area contributed by atoms with E-state index in [4.69, 9.17) is 17.3 Å². The van der Waals surface area contributed by atoms with Crippen molar-refractivity contribution in [1.29, 1.82) is 0 Å². The van der Waals surface area contributed by atoms with E-state index in [-0.39, 0.29) is 0 Å². The lowest BCUT2D eigenvalue weighted by Crippen LogP contribution is -2.01. The highest BCUT2D eigenvalue weighted by molar-refractivity contribution is 9.10. The molecule has 0 saturated heterocycles. The van der Waals surface area contributed by atoms with Crippen LogP contribution in [0.3, 0.4) is 0 Å². The second kappa shape index (κ2) is 6.62.